The van der Waals surface area contributed by atoms with E-state index in [1.54, 1.807) is 0 Å². The van der Waals surface area contributed by atoms with E-state index in [2.05, 4.69) is 45.0 Å². The number of nitrogens with zero attached hydrogens (tertiary/aromatic N) is 4. The van der Waals surface area contributed by atoms with E-state index in [0.717, 1.165) is 49.9 Å². The average Bonchev–Trinajstić information content (AvgIpc) is 3.32. The van der Waals surface area contributed by atoms with E-state index >= 15 is 0 Å². The monoisotopic (exact) mass is 524 g/mol. The first-order valence-electron chi connectivity index (χ1n) is 10.3. The van der Waals surface area contributed by atoms with Gasteiger partial charge in [-0.25, -0.2) is 4.79 Å². The third kappa shape index (κ3) is 6.61. The fourth-order valence-corrected chi connectivity index (χ4v) is 3.58. The number of hydrogen-bond acceptors (Lipinski definition) is 6. The normalized spacial score (nSPS) is 13.8. The highest BCUT2D eigenvalue weighted by Crippen LogP contribution is 2.18. The SMILES string of the molecule is O=C(CCCCCCCCn1cc(-c2ccc(I)cc2)nn1)ON1C(=O)CCC1=O. The van der Waals surface area contributed by atoms with Gasteiger partial charge < -0.3 is 4.84 Å². The lowest BCUT2D eigenvalue weighted by Gasteiger charge is -2.12. The predicted octanol–water partition coefficient (Wildman–Crippen LogP) is 3.89. The molecular weight excluding hydrogens is 499 g/mol. The Kier molecular flexibility index (Phi) is 8.35. The number of benzene rings is 1. The van der Waals surface area contributed by atoms with Gasteiger partial charge in [0.15, 0.2) is 0 Å². The van der Waals surface area contributed by atoms with Crippen molar-refractivity contribution in [2.24, 2.45) is 0 Å². The van der Waals surface area contributed by atoms with E-state index in [1.165, 1.54) is 3.57 Å². The first-order chi connectivity index (χ1) is 14.5. The number of aromatic nitrogens is 3. The van der Waals surface area contributed by atoms with Gasteiger partial charge in [-0.3, -0.25) is 14.3 Å². The maximum atomic E-state index is 11.7. The molecule has 0 saturated carbocycles. The van der Waals surface area contributed by atoms with Crippen LogP contribution in [0.1, 0.15) is 57.8 Å². The molecule has 30 heavy (non-hydrogen) atoms. The second kappa shape index (κ2) is 11.2. The molecule has 0 unspecified atom stereocenters. The van der Waals surface area contributed by atoms with Gasteiger partial charge in [-0.2, -0.15) is 0 Å². The number of rotatable bonds is 11. The van der Waals surface area contributed by atoms with E-state index in [0.29, 0.717) is 11.5 Å². The summed E-state index contributed by atoms with van der Waals surface area (Å²) in [4.78, 5) is 39.4. The molecule has 0 bridgehead atoms. The van der Waals surface area contributed by atoms with Crippen molar-refractivity contribution in [2.45, 2.75) is 64.3 Å². The van der Waals surface area contributed by atoms with Crippen molar-refractivity contribution in [1.82, 2.24) is 20.1 Å². The zero-order chi connectivity index (χ0) is 21.3. The minimum Gasteiger partial charge on any atom is -0.330 e. The van der Waals surface area contributed by atoms with Crippen molar-refractivity contribution in [3.63, 3.8) is 0 Å². The molecular formula is C21H25IN4O4. The lowest BCUT2D eigenvalue weighted by molar-refractivity contribution is -0.197. The number of hydroxylamine groups is 2. The standard InChI is InChI=1S/C21H25IN4O4/c22-17-10-8-16(9-11-17)18-15-25(24-23-18)14-6-4-2-1-3-5-7-21(29)30-26-19(27)12-13-20(26)28/h8-11,15H,1-7,12-14H2. The van der Waals surface area contributed by atoms with E-state index < -0.39 is 17.8 Å². The van der Waals surface area contributed by atoms with Gasteiger partial charge in [0.25, 0.3) is 11.8 Å². The number of aryl methyl sites for hydroxylation is 1. The molecule has 1 aliphatic heterocycles. The summed E-state index contributed by atoms with van der Waals surface area (Å²) in [6.07, 6.45) is 8.25. The molecule has 2 aromatic rings. The van der Waals surface area contributed by atoms with Gasteiger partial charge in [0, 0.05) is 34.9 Å². The maximum Gasteiger partial charge on any atom is 0.333 e. The molecule has 1 fully saturated rings. The summed E-state index contributed by atoms with van der Waals surface area (Å²) < 4.78 is 3.07. The minimum absolute atomic E-state index is 0.119. The Hall–Kier alpha value is -2.30. The molecule has 0 atom stereocenters. The van der Waals surface area contributed by atoms with E-state index in [1.807, 2.05) is 23.0 Å². The van der Waals surface area contributed by atoms with Crippen LogP contribution in [0.5, 0.6) is 0 Å². The van der Waals surface area contributed by atoms with Crippen molar-refractivity contribution < 1.29 is 19.2 Å². The smallest absolute Gasteiger partial charge is 0.330 e. The molecule has 0 radical (unpaired) electrons. The molecule has 8 nitrogen and oxygen atoms in total. The summed E-state index contributed by atoms with van der Waals surface area (Å²) in [5.41, 5.74) is 1.95. The van der Waals surface area contributed by atoms with E-state index in [-0.39, 0.29) is 19.3 Å². The Balaban J connectivity index is 1.23. The molecule has 2 heterocycles. The second-order valence-corrected chi connectivity index (χ2v) is 8.54. The van der Waals surface area contributed by atoms with Crippen LogP contribution < -0.4 is 0 Å². The summed E-state index contributed by atoms with van der Waals surface area (Å²) >= 11 is 2.28. The second-order valence-electron chi connectivity index (χ2n) is 7.29. The van der Waals surface area contributed by atoms with Crippen molar-refractivity contribution in [3.8, 4) is 11.3 Å². The first kappa shape index (κ1) is 22.4. The van der Waals surface area contributed by atoms with Crippen molar-refractivity contribution in [3.05, 3.63) is 34.0 Å². The van der Waals surface area contributed by atoms with Crippen LogP contribution in [-0.2, 0) is 25.8 Å². The molecule has 1 aromatic carbocycles. The van der Waals surface area contributed by atoms with Crippen LogP contribution in [0.2, 0.25) is 0 Å². The highest BCUT2D eigenvalue weighted by atomic mass is 127. The lowest BCUT2D eigenvalue weighted by atomic mass is 10.1. The van der Waals surface area contributed by atoms with Gasteiger partial charge in [-0.15, -0.1) is 10.2 Å². The fraction of sp³-hybridized carbons (Fsp3) is 0.476. The van der Waals surface area contributed by atoms with Gasteiger partial charge in [-0.1, -0.05) is 43.0 Å². The van der Waals surface area contributed by atoms with E-state index in [4.69, 9.17) is 4.84 Å². The van der Waals surface area contributed by atoms with Crippen LogP contribution in [0.3, 0.4) is 0 Å². The van der Waals surface area contributed by atoms with Crippen LogP contribution >= 0.6 is 22.6 Å². The Morgan fingerprint density at radius 2 is 1.60 bits per heavy atom. The number of amides is 2. The Morgan fingerprint density at radius 3 is 2.30 bits per heavy atom. The molecule has 0 spiro atoms. The number of imide groups is 1. The summed E-state index contributed by atoms with van der Waals surface area (Å²) in [5, 5.41) is 9.04. The topological polar surface area (TPSA) is 94.4 Å². The molecule has 9 heteroatoms. The summed E-state index contributed by atoms with van der Waals surface area (Å²) in [6, 6.07) is 8.21. The number of hydrogen-bond donors (Lipinski definition) is 0. The van der Waals surface area contributed by atoms with Crippen LogP contribution in [0.15, 0.2) is 30.5 Å². The van der Waals surface area contributed by atoms with Gasteiger partial charge in [0.2, 0.25) is 0 Å². The highest BCUT2D eigenvalue weighted by Gasteiger charge is 2.32. The highest BCUT2D eigenvalue weighted by molar-refractivity contribution is 14.1. The van der Waals surface area contributed by atoms with Crippen molar-refractivity contribution >= 4 is 40.4 Å². The lowest BCUT2D eigenvalue weighted by Crippen LogP contribution is -2.31. The first-order valence-corrected chi connectivity index (χ1v) is 11.3. The molecule has 1 aliphatic rings. The van der Waals surface area contributed by atoms with Crippen LogP contribution in [-0.4, -0.2) is 37.8 Å². The third-order valence-electron chi connectivity index (χ3n) is 4.90. The van der Waals surface area contributed by atoms with Crippen LogP contribution in [0.25, 0.3) is 11.3 Å². The Bertz CT molecular complexity index is 865. The molecule has 2 amide bonds. The zero-order valence-electron chi connectivity index (χ0n) is 16.8. The summed E-state index contributed by atoms with van der Waals surface area (Å²) in [7, 11) is 0. The number of halogens is 1. The van der Waals surface area contributed by atoms with Gasteiger partial charge >= 0.3 is 5.97 Å². The minimum atomic E-state index is -0.520. The summed E-state index contributed by atoms with van der Waals surface area (Å²) in [5.74, 6) is -1.40. The fourth-order valence-electron chi connectivity index (χ4n) is 3.22. The predicted molar refractivity (Wildman–Crippen MR) is 118 cm³/mol. The van der Waals surface area contributed by atoms with Crippen molar-refractivity contribution in [2.75, 3.05) is 0 Å². The third-order valence-corrected chi connectivity index (χ3v) is 5.61. The van der Waals surface area contributed by atoms with E-state index in [9.17, 15) is 14.4 Å². The van der Waals surface area contributed by atoms with Gasteiger partial charge in [-0.05, 0) is 47.6 Å². The Labute approximate surface area is 189 Å². The molecule has 0 N–H and O–H groups in total. The molecule has 0 aliphatic carbocycles. The average molecular weight is 524 g/mol. The maximum absolute atomic E-state index is 11.7. The Morgan fingerprint density at radius 1 is 0.967 bits per heavy atom. The number of unbranched alkanes of at least 4 members (excludes halogenated alkanes) is 5. The molecule has 160 valence electrons. The van der Waals surface area contributed by atoms with Gasteiger partial charge in [0.05, 0.1) is 6.20 Å². The zero-order valence-corrected chi connectivity index (χ0v) is 18.9. The van der Waals surface area contributed by atoms with Crippen LogP contribution in [0, 0.1) is 3.57 Å². The number of carbonyl (C=O) groups is 3. The molecule has 1 saturated heterocycles. The van der Waals surface area contributed by atoms with Crippen molar-refractivity contribution in [1.29, 1.82) is 0 Å². The largest absolute Gasteiger partial charge is 0.333 e. The molecule has 1 aromatic heterocycles. The van der Waals surface area contributed by atoms with Gasteiger partial charge in [0.1, 0.15) is 5.69 Å². The van der Waals surface area contributed by atoms with Crippen LogP contribution in [0.4, 0.5) is 0 Å². The quantitative estimate of drug-likeness (QED) is 0.252. The summed E-state index contributed by atoms with van der Waals surface area (Å²) in [6.45, 7) is 0.835. The molecule has 3 rings (SSSR count). The number of carbonyl (C=O) groups excluding carboxylic acids is 3.